The summed E-state index contributed by atoms with van der Waals surface area (Å²) in [6, 6.07) is 2.23. The van der Waals surface area contributed by atoms with Crippen LogP contribution in [0, 0.1) is 18.8 Å². The predicted octanol–water partition coefficient (Wildman–Crippen LogP) is 3.44. The molecular formula is C21H26F3N7O. The fourth-order valence-electron chi connectivity index (χ4n) is 4.40. The van der Waals surface area contributed by atoms with Gasteiger partial charge in [0.25, 0.3) is 0 Å². The zero-order chi connectivity index (χ0) is 23.2. The molecule has 11 heteroatoms. The lowest BCUT2D eigenvalue weighted by atomic mass is 9.77. The number of alkyl halides is 3. The monoisotopic (exact) mass is 449 g/mol. The molecule has 1 aliphatic carbocycles. The number of carbonyl (C=O) groups excluding carboxylic acids is 1. The predicted molar refractivity (Wildman–Crippen MR) is 113 cm³/mol. The molecule has 172 valence electrons. The van der Waals surface area contributed by atoms with Crippen LogP contribution in [0.1, 0.15) is 43.8 Å². The van der Waals surface area contributed by atoms with Crippen LogP contribution in [0.5, 0.6) is 0 Å². The number of hydrogen-bond donors (Lipinski definition) is 2. The molecule has 0 aromatic carbocycles. The van der Waals surface area contributed by atoms with Gasteiger partial charge in [0.05, 0.1) is 11.4 Å². The van der Waals surface area contributed by atoms with Crippen LogP contribution in [0.3, 0.4) is 0 Å². The number of rotatable bonds is 5. The minimum absolute atomic E-state index is 0.0596. The van der Waals surface area contributed by atoms with Crippen LogP contribution in [0.2, 0.25) is 0 Å². The fourth-order valence-corrected chi connectivity index (χ4v) is 4.40. The lowest BCUT2D eigenvalue weighted by molar-refractivity contribution is -0.141. The van der Waals surface area contributed by atoms with Gasteiger partial charge in [-0.2, -0.15) is 23.3 Å². The molecule has 8 nitrogen and oxygen atoms in total. The van der Waals surface area contributed by atoms with E-state index in [1.165, 1.54) is 6.07 Å². The summed E-state index contributed by atoms with van der Waals surface area (Å²) in [7, 11) is 1.86. The number of nitrogens with zero attached hydrogens (tertiary/aromatic N) is 5. The molecule has 0 spiro atoms. The van der Waals surface area contributed by atoms with Crippen molar-refractivity contribution in [1.82, 2.24) is 20.2 Å². The number of carbonyl (C=O) groups is 1. The summed E-state index contributed by atoms with van der Waals surface area (Å²) in [4.78, 5) is 23.5. The quantitative estimate of drug-likeness (QED) is 0.722. The topological polar surface area (TPSA) is 95.9 Å². The van der Waals surface area contributed by atoms with Gasteiger partial charge in [0.1, 0.15) is 11.7 Å². The third-order valence-corrected chi connectivity index (χ3v) is 6.05. The fraction of sp³-hybridized carbons (Fsp3) is 0.571. The number of likely N-dealkylation sites (N-methyl/N-ethyl adjacent to an activating group) is 1. The molecule has 1 unspecified atom stereocenters. The number of nitrogens with one attached hydrogen (secondary N) is 2. The molecule has 1 atom stereocenters. The number of hydrogen-bond acceptors (Lipinski definition) is 7. The summed E-state index contributed by atoms with van der Waals surface area (Å²) in [5.41, 5.74) is 0.901. The first-order valence-corrected chi connectivity index (χ1v) is 10.6. The van der Waals surface area contributed by atoms with Crippen LogP contribution < -0.4 is 15.5 Å². The summed E-state index contributed by atoms with van der Waals surface area (Å²) in [5, 5.41) is 13.3. The first kappa shape index (κ1) is 22.2. The Morgan fingerprint density at radius 1 is 1.22 bits per heavy atom. The van der Waals surface area contributed by atoms with E-state index in [9.17, 15) is 18.0 Å². The van der Waals surface area contributed by atoms with Crippen molar-refractivity contribution in [3.05, 3.63) is 29.2 Å². The second-order valence-electron chi connectivity index (χ2n) is 8.91. The van der Waals surface area contributed by atoms with Gasteiger partial charge in [-0.25, -0.2) is 4.98 Å². The van der Waals surface area contributed by atoms with E-state index < -0.39 is 11.9 Å². The van der Waals surface area contributed by atoms with E-state index in [4.69, 9.17) is 0 Å². The number of aryl methyl sites for hydroxylation is 1. The van der Waals surface area contributed by atoms with Gasteiger partial charge in [-0.1, -0.05) is 13.8 Å². The van der Waals surface area contributed by atoms with Gasteiger partial charge in [0.2, 0.25) is 11.9 Å². The summed E-state index contributed by atoms with van der Waals surface area (Å²) in [5.74, 6) is 1.57. The number of fused-ring (bicyclic) bond motifs is 1. The van der Waals surface area contributed by atoms with Crippen LogP contribution >= 0.6 is 0 Å². The first-order valence-electron chi connectivity index (χ1n) is 10.6. The molecule has 0 bridgehead atoms. The smallest absolute Gasteiger partial charge is 0.351 e. The van der Waals surface area contributed by atoms with E-state index in [0.29, 0.717) is 41.2 Å². The maximum absolute atomic E-state index is 12.6. The second-order valence-corrected chi connectivity index (χ2v) is 8.91. The van der Waals surface area contributed by atoms with Gasteiger partial charge < -0.3 is 15.5 Å². The molecule has 2 aliphatic rings. The van der Waals surface area contributed by atoms with Crippen LogP contribution in [0.15, 0.2) is 12.1 Å². The first-order chi connectivity index (χ1) is 15.0. The Morgan fingerprint density at radius 3 is 2.53 bits per heavy atom. The van der Waals surface area contributed by atoms with Gasteiger partial charge in [-0.15, -0.1) is 5.10 Å². The van der Waals surface area contributed by atoms with Crippen molar-refractivity contribution in [1.29, 1.82) is 0 Å². The molecule has 4 rings (SSSR count). The minimum Gasteiger partial charge on any atom is -0.351 e. The average Bonchev–Trinajstić information content (AvgIpc) is 2.67. The number of halogens is 3. The average molecular weight is 449 g/mol. The standard InChI is InChI=1S/C21H26F3N7O/c1-10(2)17-19(32)27-16-11(3)25-20(28-18(16)31(17)4)26-14-8-12(9-14)7-13-5-6-15(30-29-13)21(22,23)24/h5-6,10,12,14,17H,7-9H2,1-4H3,(H,27,32)(H,25,26,28). The molecule has 32 heavy (non-hydrogen) atoms. The molecular weight excluding hydrogens is 423 g/mol. The maximum atomic E-state index is 12.6. The summed E-state index contributed by atoms with van der Waals surface area (Å²) < 4.78 is 37.8. The van der Waals surface area contributed by atoms with Gasteiger partial charge in [-0.05, 0) is 50.2 Å². The number of anilines is 3. The third-order valence-electron chi connectivity index (χ3n) is 6.05. The molecule has 2 N–H and O–H groups in total. The Kier molecular flexibility index (Phi) is 5.68. The van der Waals surface area contributed by atoms with E-state index in [1.807, 2.05) is 32.7 Å². The van der Waals surface area contributed by atoms with Crippen molar-refractivity contribution < 1.29 is 18.0 Å². The van der Waals surface area contributed by atoms with Crippen molar-refractivity contribution in [3.63, 3.8) is 0 Å². The maximum Gasteiger partial charge on any atom is 0.435 e. The number of aromatic nitrogens is 4. The largest absolute Gasteiger partial charge is 0.435 e. The van der Waals surface area contributed by atoms with Crippen LogP contribution in [-0.2, 0) is 17.4 Å². The molecule has 3 heterocycles. The highest BCUT2D eigenvalue weighted by molar-refractivity contribution is 6.03. The Bertz CT molecular complexity index is 1000. The Labute approximate surface area is 184 Å². The highest BCUT2D eigenvalue weighted by Crippen LogP contribution is 2.36. The van der Waals surface area contributed by atoms with Crippen molar-refractivity contribution in [2.24, 2.45) is 11.8 Å². The zero-order valence-electron chi connectivity index (χ0n) is 18.4. The van der Waals surface area contributed by atoms with Crippen LogP contribution in [-0.4, -0.2) is 45.2 Å². The second kappa shape index (κ2) is 8.18. The molecule has 1 fully saturated rings. The van der Waals surface area contributed by atoms with Crippen LogP contribution in [0.4, 0.5) is 30.6 Å². The Balaban J connectivity index is 1.37. The Morgan fingerprint density at radius 2 is 1.94 bits per heavy atom. The van der Waals surface area contributed by atoms with Crippen molar-refractivity contribution in [3.8, 4) is 0 Å². The third kappa shape index (κ3) is 4.33. The van der Waals surface area contributed by atoms with Crippen molar-refractivity contribution in [2.75, 3.05) is 22.6 Å². The minimum atomic E-state index is -4.48. The van der Waals surface area contributed by atoms with E-state index in [-0.39, 0.29) is 23.9 Å². The molecule has 1 aliphatic heterocycles. The van der Waals surface area contributed by atoms with Crippen molar-refractivity contribution in [2.45, 2.75) is 58.3 Å². The molecule has 0 radical (unpaired) electrons. The van der Waals surface area contributed by atoms with Crippen LogP contribution in [0.25, 0.3) is 0 Å². The molecule has 2 aromatic rings. The van der Waals surface area contributed by atoms with Gasteiger partial charge in [0, 0.05) is 13.1 Å². The lowest BCUT2D eigenvalue weighted by Crippen LogP contribution is -2.50. The van der Waals surface area contributed by atoms with E-state index in [1.54, 1.807) is 0 Å². The SMILES string of the molecule is Cc1nc(NC2CC(Cc3ccc(C(F)(F)F)nn3)C2)nc2c1NC(=O)C(C(C)C)N2C. The molecule has 1 amide bonds. The number of amides is 1. The molecule has 0 saturated heterocycles. The van der Waals surface area contributed by atoms with Gasteiger partial charge in [-0.3, -0.25) is 4.79 Å². The van der Waals surface area contributed by atoms with E-state index >= 15 is 0 Å². The highest BCUT2D eigenvalue weighted by atomic mass is 19.4. The summed E-state index contributed by atoms with van der Waals surface area (Å²) >= 11 is 0. The molecule has 2 aromatic heterocycles. The Hall–Kier alpha value is -2.98. The highest BCUT2D eigenvalue weighted by Gasteiger charge is 2.36. The molecule has 1 saturated carbocycles. The summed E-state index contributed by atoms with van der Waals surface area (Å²) in [6.45, 7) is 5.82. The van der Waals surface area contributed by atoms with Crippen molar-refractivity contribution >= 4 is 23.4 Å². The van der Waals surface area contributed by atoms with Gasteiger partial charge in [0.15, 0.2) is 11.5 Å². The zero-order valence-corrected chi connectivity index (χ0v) is 18.4. The van der Waals surface area contributed by atoms with E-state index in [0.717, 1.165) is 18.9 Å². The van der Waals surface area contributed by atoms with E-state index in [2.05, 4.69) is 30.8 Å². The lowest BCUT2D eigenvalue weighted by Gasteiger charge is -2.38. The summed E-state index contributed by atoms with van der Waals surface area (Å²) in [6.07, 6.45) is -2.22. The van der Waals surface area contributed by atoms with Gasteiger partial charge >= 0.3 is 6.18 Å². The normalized spacial score (nSPS) is 22.9.